The van der Waals surface area contributed by atoms with E-state index in [1.165, 1.54) is 10.6 Å². The second-order valence-corrected chi connectivity index (χ2v) is 9.47. The molecule has 1 aliphatic rings. The summed E-state index contributed by atoms with van der Waals surface area (Å²) in [6.45, 7) is 0. The summed E-state index contributed by atoms with van der Waals surface area (Å²) in [5, 5.41) is 21.1. The standard InChI is InChI=1S/C22H10Cl4N4OS/c23-11-2-1-10(16(25)6-11)5-18-21(31)30-20(13-4-3-12(24)7-17(13)26)14(8-27)19(29)15(9-28)22(30)32-18/h1-7,20H,29H2/b18-5+. The van der Waals surface area contributed by atoms with Crippen molar-refractivity contribution in [3.8, 4) is 12.1 Å². The summed E-state index contributed by atoms with van der Waals surface area (Å²) in [6.07, 6.45) is 1.61. The second kappa shape index (κ2) is 8.67. The Labute approximate surface area is 206 Å². The van der Waals surface area contributed by atoms with Gasteiger partial charge in [0.15, 0.2) is 0 Å². The quantitative estimate of drug-likeness (QED) is 0.543. The van der Waals surface area contributed by atoms with Crippen molar-refractivity contribution in [3.63, 3.8) is 0 Å². The third kappa shape index (κ3) is 3.71. The molecule has 3 aromatic rings. The largest absolute Gasteiger partial charge is 0.397 e. The number of nitriles is 2. The van der Waals surface area contributed by atoms with Crippen LogP contribution in [0.25, 0.3) is 11.6 Å². The Bertz CT molecular complexity index is 1590. The Morgan fingerprint density at radius 2 is 1.66 bits per heavy atom. The van der Waals surface area contributed by atoms with Crippen molar-refractivity contribution in [1.29, 1.82) is 10.5 Å². The summed E-state index contributed by atoms with van der Waals surface area (Å²) in [6, 6.07) is 12.8. The molecule has 2 aromatic carbocycles. The smallest absolute Gasteiger partial charge is 0.269 e. The number of benzene rings is 2. The minimum atomic E-state index is -0.913. The van der Waals surface area contributed by atoms with Crippen LogP contribution in [0.5, 0.6) is 0 Å². The molecule has 0 fully saturated rings. The van der Waals surface area contributed by atoms with E-state index in [2.05, 4.69) is 0 Å². The van der Waals surface area contributed by atoms with E-state index < -0.39 is 11.6 Å². The van der Waals surface area contributed by atoms with Crippen LogP contribution in [-0.2, 0) is 0 Å². The highest BCUT2D eigenvalue weighted by Gasteiger charge is 2.32. The first-order valence-electron chi connectivity index (χ1n) is 8.94. The maximum absolute atomic E-state index is 13.5. The number of halogens is 4. The zero-order chi connectivity index (χ0) is 23.2. The van der Waals surface area contributed by atoms with Crippen molar-refractivity contribution >= 4 is 69.4 Å². The van der Waals surface area contributed by atoms with Crippen molar-refractivity contribution in [3.05, 3.63) is 98.4 Å². The number of hydrogen-bond donors (Lipinski definition) is 1. The maximum atomic E-state index is 13.5. The fraction of sp³-hybridized carbons (Fsp3) is 0.0455. The van der Waals surface area contributed by atoms with Gasteiger partial charge >= 0.3 is 0 Å². The Morgan fingerprint density at radius 1 is 1.00 bits per heavy atom. The molecule has 4 rings (SSSR count). The van der Waals surface area contributed by atoms with Gasteiger partial charge in [0.2, 0.25) is 0 Å². The molecule has 158 valence electrons. The first-order valence-corrected chi connectivity index (χ1v) is 11.3. The van der Waals surface area contributed by atoms with E-state index >= 15 is 0 Å². The van der Waals surface area contributed by atoms with E-state index in [0.717, 1.165) is 11.3 Å². The van der Waals surface area contributed by atoms with Gasteiger partial charge in [0.05, 0.1) is 21.9 Å². The molecule has 0 spiro atoms. The zero-order valence-corrected chi connectivity index (χ0v) is 19.7. The van der Waals surface area contributed by atoms with E-state index in [1.807, 2.05) is 12.1 Å². The van der Waals surface area contributed by atoms with E-state index in [1.54, 1.807) is 36.4 Å². The van der Waals surface area contributed by atoms with Gasteiger partial charge in [0.25, 0.3) is 5.56 Å². The molecule has 1 atom stereocenters. The van der Waals surface area contributed by atoms with E-state index in [4.69, 9.17) is 52.1 Å². The van der Waals surface area contributed by atoms with Crippen molar-refractivity contribution < 1.29 is 0 Å². The van der Waals surface area contributed by atoms with Gasteiger partial charge in [0.1, 0.15) is 22.3 Å². The number of fused-ring (bicyclic) bond motifs is 1. The van der Waals surface area contributed by atoms with Crippen LogP contribution in [-0.4, -0.2) is 4.57 Å². The monoisotopic (exact) mass is 518 g/mol. The zero-order valence-electron chi connectivity index (χ0n) is 15.9. The fourth-order valence-electron chi connectivity index (χ4n) is 3.44. The molecule has 2 heterocycles. The predicted octanol–water partition coefficient (Wildman–Crippen LogP) is 4.37. The van der Waals surface area contributed by atoms with Gasteiger partial charge < -0.3 is 5.73 Å². The molecule has 2 N–H and O–H groups in total. The van der Waals surface area contributed by atoms with Crippen LogP contribution in [0.2, 0.25) is 20.1 Å². The van der Waals surface area contributed by atoms with Crippen molar-refractivity contribution in [2.24, 2.45) is 5.73 Å². The number of allylic oxidation sites excluding steroid dienone is 2. The second-order valence-electron chi connectivity index (χ2n) is 6.75. The predicted molar refractivity (Wildman–Crippen MR) is 128 cm³/mol. The molecule has 0 saturated heterocycles. The summed E-state index contributed by atoms with van der Waals surface area (Å²) in [5.41, 5.74) is 6.92. The van der Waals surface area contributed by atoms with Crippen LogP contribution in [0.15, 0.2) is 52.5 Å². The summed E-state index contributed by atoms with van der Waals surface area (Å²) in [4.78, 5) is 13.5. The lowest BCUT2D eigenvalue weighted by Gasteiger charge is -2.24. The third-order valence-electron chi connectivity index (χ3n) is 4.90. The lowest BCUT2D eigenvalue weighted by atomic mass is 9.93. The summed E-state index contributed by atoms with van der Waals surface area (Å²) >= 11 is 25.7. The Hall–Kier alpha value is -2.71. The molecule has 0 bridgehead atoms. The first kappa shape index (κ1) is 22.5. The van der Waals surface area contributed by atoms with Crippen LogP contribution in [0.3, 0.4) is 0 Å². The topological polar surface area (TPSA) is 95.6 Å². The molecule has 1 unspecified atom stereocenters. The van der Waals surface area contributed by atoms with Gasteiger partial charge in [-0.1, -0.05) is 58.5 Å². The number of nitrogens with two attached hydrogens (primary N) is 1. The molecule has 32 heavy (non-hydrogen) atoms. The molecule has 0 amide bonds. The number of rotatable bonds is 2. The molecule has 0 aliphatic carbocycles. The average Bonchev–Trinajstić information content (AvgIpc) is 3.05. The summed E-state index contributed by atoms with van der Waals surface area (Å²) < 4.78 is 1.99. The van der Waals surface area contributed by atoms with Gasteiger partial charge in [0, 0.05) is 20.1 Å². The van der Waals surface area contributed by atoms with Gasteiger partial charge in [-0.25, -0.2) is 0 Å². The Balaban J connectivity index is 2.10. The molecular formula is C22H10Cl4N4OS. The highest BCUT2D eigenvalue weighted by Crippen LogP contribution is 2.35. The van der Waals surface area contributed by atoms with Gasteiger partial charge in [-0.2, -0.15) is 10.5 Å². The van der Waals surface area contributed by atoms with Crippen LogP contribution in [0, 0.1) is 22.7 Å². The molecule has 0 saturated carbocycles. The van der Waals surface area contributed by atoms with E-state index in [-0.39, 0.29) is 21.9 Å². The fourth-order valence-corrected chi connectivity index (χ4v) is 5.54. The lowest BCUT2D eigenvalue weighted by Crippen LogP contribution is -2.40. The van der Waals surface area contributed by atoms with Crippen LogP contribution < -0.4 is 20.5 Å². The number of thiazole rings is 1. The summed E-state index contributed by atoms with van der Waals surface area (Å²) in [7, 11) is 0. The number of hydrogen-bond acceptors (Lipinski definition) is 5. The SMILES string of the molecule is N#CC1=C(N)C(C#N)=c2s/c(=C/c3ccc(Cl)cc3Cl)c(=O)n2C1c1ccc(Cl)cc1Cl. The maximum Gasteiger partial charge on any atom is 0.269 e. The van der Waals surface area contributed by atoms with Gasteiger partial charge in [-0.05, 0) is 41.5 Å². The molecule has 1 aliphatic heterocycles. The summed E-state index contributed by atoms with van der Waals surface area (Å²) in [5.74, 6) is 0. The van der Waals surface area contributed by atoms with Crippen molar-refractivity contribution in [1.82, 2.24) is 4.57 Å². The van der Waals surface area contributed by atoms with Crippen LogP contribution in [0.4, 0.5) is 0 Å². The first-order chi connectivity index (χ1) is 15.3. The highest BCUT2D eigenvalue weighted by atomic mass is 35.5. The number of nitrogens with zero attached hydrogens (tertiary/aromatic N) is 3. The van der Waals surface area contributed by atoms with Gasteiger partial charge in [-0.3, -0.25) is 9.36 Å². The average molecular weight is 520 g/mol. The Kier molecular flexibility index (Phi) is 6.09. The highest BCUT2D eigenvalue weighted by molar-refractivity contribution is 7.07. The number of aromatic nitrogens is 1. The minimum Gasteiger partial charge on any atom is -0.397 e. The molecule has 5 nitrogen and oxygen atoms in total. The van der Waals surface area contributed by atoms with E-state index in [0.29, 0.717) is 35.4 Å². The normalized spacial score (nSPS) is 16.0. The van der Waals surface area contributed by atoms with Crippen LogP contribution in [0.1, 0.15) is 17.2 Å². The minimum absolute atomic E-state index is 0.00309. The molecule has 0 radical (unpaired) electrons. The third-order valence-corrected chi connectivity index (χ3v) is 7.13. The van der Waals surface area contributed by atoms with Crippen molar-refractivity contribution in [2.75, 3.05) is 0 Å². The molecule has 1 aromatic heterocycles. The van der Waals surface area contributed by atoms with Crippen LogP contribution >= 0.6 is 57.7 Å². The molecule has 10 heteroatoms. The molecular weight excluding hydrogens is 510 g/mol. The Morgan fingerprint density at radius 3 is 2.25 bits per heavy atom. The van der Waals surface area contributed by atoms with Crippen molar-refractivity contribution in [2.45, 2.75) is 6.04 Å². The van der Waals surface area contributed by atoms with E-state index in [9.17, 15) is 15.3 Å². The lowest BCUT2D eigenvalue weighted by molar-refractivity contribution is 0.634. The van der Waals surface area contributed by atoms with Gasteiger partial charge in [-0.15, -0.1) is 11.3 Å².